The molecule has 0 bridgehead atoms. The van der Waals surface area contributed by atoms with E-state index in [1.54, 1.807) is 30.0 Å². The van der Waals surface area contributed by atoms with Crippen LogP contribution in [0.3, 0.4) is 0 Å². The summed E-state index contributed by atoms with van der Waals surface area (Å²) < 4.78 is 12.4. The number of aryl methyl sites for hydroxylation is 2. The lowest BCUT2D eigenvalue weighted by atomic mass is 10.0. The summed E-state index contributed by atoms with van der Waals surface area (Å²) >= 11 is 0. The van der Waals surface area contributed by atoms with Crippen LogP contribution >= 0.6 is 0 Å². The lowest BCUT2D eigenvalue weighted by Crippen LogP contribution is -2.26. The molecule has 4 rings (SSSR count). The summed E-state index contributed by atoms with van der Waals surface area (Å²) in [6.07, 6.45) is 2.93. The SMILES string of the molecule is COc1ccc(OC)c([C@@H]2C=C(C(=O)O)Nc3c(C(=O)Nc4ccc(C)c(C)c4)cnn32)c1. The van der Waals surface area contributed by atoms with Crippen molar-refractivity contribution in [3.63, 3.8) is 0 Å². The number of aliphatic carboxylic acids is 1. The molecule has 3 aromatic rings. The van der Waals surface area contributed by atoms with Crippen molar-refractivity contribution in [3.05, 3.63) is 76.6 Å². The molecule has 0 radical (unpaired) electrons. The third-order valence-electron chi connectivity index (χ3n) is 5.63. The van der Waals surface area contributed by atoms with Crippen molar-refractivity contribution in [2.24, 2.45) is 0 Å². The van der Waals surface area contributed by atoms with Gasteiger partial charge in [-0.3, -0.25) is 4.79 Å². The standard InChI is InChI=1S/C24H24N4O5/c1-13-5-6-15(9-14(13)2)26-23(29)18-12-25-28-20(11-19(24(30)31)27-22(18)28)17-10-16(32-3)7-8-21(17)33-4/h5-12,20,27H,1-4H3,(H,26,29)(H,30,31)/t20-/m0/s1. The number of hydrogen-bond donors (Lipinski definition) is 3. The van der Waals surface area contributed by atoms with Crippen LogP contribution in [0.2, 0.25) is 0 Å². The summed E-state index contributed by atoms with van der Waals surface area (Å²) in [5, 5.41) is 19.8. The molecular formula is C24H24N4O5. The molecule has 1 aliphatic rings. The number of benzene rings is 2. The first-order valence-electron chi connectivity index (χ1n) is 10.2. The number of fused-ring (bicyclic) bond motifs is 1. The first-order valence-corrected chi connectivity index (χ1v) is 10.2. The van der Waals surface area contributed by atoms with Crippen LogP contribution in [0.5, 0.6) is 11.5 Å². The van der Waals surface area contributed by atoms with Crippen LogP contribution in [-0.4, -0.2) is 41.0 Å². The number of allylic oxidation sites excluding steroid dienone is 1. The van der Waals surface area contributed by atoms with Crippen molar-refractivity contribution in [2.45, 2.75) is 19.9 Å². The number of nitrogens with zero attached hydrogens (tertiary/aromatic N) is 2. The molecule has 170 valence electrons. The number of nitrogens with one attached hydrogen (secondary N) is 2. The van der Waals surface area contributed by atoms with Crippen molar-refractivity contribution < 1.29 is 24.2 Å². The van der Waals surface area contributed by atoms with E-state index in [2.05, 4.69) is 15.7 Å². The van der Waals surface area contributed by atoms with Crippen LogP contribution in [0.25, 0.3) is 0 Å². The van der Waals surface area contributed by atoms with Crippen LogP contribution < -0.4 is 20.1 Å². The maximum atomic E-state index is 13.1. The Balaban J connectivity index is 1.76. The number of ether oxygens (including phenoxy) is 2. The topological polar surface area (TPSA) is 115 Å². The third kappa shape index (κ3) is 4.12. The quantitative estimate of drug-likeness (QED) is 0.526. The van der Waals surface area contributed by atoms with Gasteiger partial charge in [-0.2, -0.15) is 5.10 Å². The molecule has 3 N–H and O–H groups in total. The first kappa shape index (κ1) is 21.9. The van der Waals surface area contributed by atoms with Gasteiger partial charge in [-0.15, -0.1) is 0 Å². The average molecular weight is 448 g/mol. The third-order valence-corrected chi connectivity index (χ3v) is 5.63. The fourth-order valence-corrected chi connectivity index (χ4v) is 3.70. The number of rotatable bonds is 6. The Hall–Kier alpha value is -4.27. The molecule has 0 aliphatic carbocycles. The largest absolute Gasteiger partial charge is 0.497 e. The summed E-state index contributed by atoms with van der Waals surface area (Å²) in [7, 11) is 3.07. The second-order valence-electron chi connectivity index (χ2n) is 7.67. The molecule has 1 amide bonds. The maximum Gasteiger partial charge on any atom is 0.352 e. The summed E-state index contributed by atoms with van der Waals surface area (Å²) in [5.41, 5.74) is 3.58. The molecule has 1 aromatic heterocycles. The highest BCUT2D eigenvalue weighted by Gasteiger charge is 2.31. The average Bonchev–Trinajstić information content (AvgIpc) is 3.24. The summed E-state index contributed by atoms with van der Waals surface area (Å²) in [6.45, 7) is 3.95. The highest BCUT2D eigenvalue weighted by atomic mass is 16.5. The normalized spacial score (nSPS) is 14.5. The molecule has 1 aliphatic heterocycles. The second kappa shape index (κ2) is 8.70. The number of carboxylic acids is 1. The van der Waals surface area contributed by atoms with Crippen LogP contribution in [0.4, 0.5) is 11.5 Å². The van der Waals surface area contributed by atoms with E-state index in [0.29, 0.717) is 22.7 Å². The van der Waals surface area contributed by atoms with Crippen molar-refractivity contribution in [1.29, 1.82) is 0 Å². The molecule has 0 saturated carbocycles. The maximum absolute atomic E-state index is 13.1. The number of carbonyl (C=O) groups excluding carboxylic acids is 1. The van der Waals surface area contributed by atoms with E-state index in [1.807, 2.05) is 32.0 Å². The molecule has 0 saturated heterocycles. The summed E-state index contributed by atoms with van der Waals surface area (Å²) in [5.74, 6) is -0.182. The molecular weight excluding hydrogens is 424 g/mol. The van der Waals surface area contributed by atoms with Crippen molar-refractivity contribution in [3.8, 4) is 11.5 Å². The summed E-state index contributed by atoms with van der Waals surface area (Å²) in [4.78, 5) is 24.9. The van der Waals surface area contributed by atoms with Crippen molar-refractivity contribution in [1.82, 2.24) is 9.78 Å². The molecule has 0 spiro atoms. The van der Waals surface area contributed by atoms with Gasteiger partial charge in [-0.1, -0.05) is 6.07 Å². The molecule has 2 heterocycles. The van der Waals surface area contributed by atoms with Crippen LogP contribution in [0.15, 0.2) is 54.4 Å². The molecule has 33 heavy (non-hydrogen) atoms. The minimum absolute atomic E-state index is 0.0712. The smallest absolute Gasteiger partial charge is 0.352 e. The zero-order valence-corrected chi connectivity index (χ0v) is 18.7. The van der Waals surface area contributed by atoms with Gasteiger partial charge in [0.15, 0.2) is 0 Å². The zero-order valence-electron chi connectivity index (χ0n) is 18.7. The van der Waals surface area contributed by atoms with Crippen LogP contribution in [0, 0.1) is 13.8 Å². The number of amides is 1. The first-order chi connectivity index (χ1) is 15.8. The van der Waals surface area contributed by atoms with Gasteiger partial charge in [0.2, 0.25) is 0 Å². The van der Waals surface area contributed by atoms with E-state index in [9.17, 15) is 14.7 Å². The monoisotopic (exact) mass is 448 g/mol. The Kier molecular flexibility index (Phi) is 5.78. The van der Waals surface area contributed by atoms with E-state index >= 15 is 0 Å². The Labute approximate surface area is 190 Å². The lowest BCUT2D eigenvalue weighted by Gasteiger charge is -2.26. The predicted octanol–water partition coefficient (Wildman–Crippen LogP) is 3.75. The number of carboxylic acid groups (broad SMARTS) is 1. The fourth-order valence-electron chi connectivity index (χ4n) is 3.70. The van der Waals surface area contributed by atoms with Crippen molar-refractivity contribution in [2.75, 3.05) is 24.9 Å². The fraction of sp³-hybridized carbons (Fsp3) is 0.208. The molecule has 9 heteroatoms. The van der Waals surface area contributed by atoms with Crippen LogP contribution in [-0.2, 0) is 4.79 Å². The van der Waals surface area contributed by atoms with Gasteiger partial charge in [0, 0.05) is 11.3 Å². The van der Waals surface area contributed by atoms with Gasteiger partial charge in [0.25, 0.3) is 5.91 Å². The van der Waals surface area contributed by atoms with E-state index in [1.165, 1.54) is 19.4 Å². The minimum atomic E-state index is -1.16. The van der Waals surface area contributed by atoms with E-state index in [4.69, 9.17) is 9.47 Å². The molecule has 9 nitrogen and oxygen atoms in total. The lowest BCUT2D eigenvalue weighted by molar-refractivity contribution is -0.132. The predicted molar refractivity (Wildman–Crippen MR) is 123 cm³/mol. The number of anilines is 2. The highest BCUT2D eigenvalue weighted by Crippen LogP contribution is 2.38. The molecule has 1 atom stereocenters. The number of hydrogen-bond acceptors (Lipinski definition) is 6. The van der Waals surface area contributed by atoms with E-state index < -0.39 is 17.9 Å². The van der Waals surface area contributed by atoms with Gasteiger partial charge in [0.05, 0.1) is 20.4 Å². The Morgan fingerprint density at radius 3 is 2.55 bits per heavy atom. The van der Waals surface area contributed by atoms with Gasteiger partial charge in [-0.05, 0) is 61.4 Å². The Morgan fingerprint density at radius 1 is 1.09 bits per heavy atom. The molecule has 0 fully saturated rings. The number of aromatic nitrogens is 2. The van der Waals surface area contributed by atoms with Crippen molar-refractivity contribution >= 4 is 23.4 Å². The highest BCUT2D eigenvalue weighted by molar-refractivity contribution is 6.08. The Bertz CT molecular complexity index is 1280. The van der Waals surface area contributed by atoms with E-state index in [-0.39, 0.29) is 17.1 Å². The van der Waals surface area contributed by atoms with E-state index in [0.717, 1.165) is 11.1 Å². The van der Waals surface area contributed by atoms with Crippen LogP contribution in [0.1, 0.15) is 33.1 Å². The second-order valence-corrected chi connectivity index (χ2v) is 7.67. The number of methoxy groups -OCH3 is 2. The van der Waals surface area contributed by atoms with Gasteiger partial charge in [0.1, 0.15) is 34.6 Å². The summed E-state index contributed by atoms with van der Waals surface area (Å²) in [6, 6.07) is 10.2. The van der Waals surface area contributed by atoms with Gasteiger partial charge in [-0.25, -0.2) is 9.48 Å². The zero-order chi connectivity index (χ0) is 23.7. The molecule has 0 unspecified atom stereocenters. The van der Waals surface area contributed by atoms with Gasteiger partial charge < -0.3 is 25.2 Å². The van der Waals surface area contributed by atoms with Gasteiger partial charge >= 0.3 is 5.97 Å². The Morgan fingerprint density at radius 2 is 1.88 bits per heavy atom. The number of carbonyl (C=O) groups is 2. The minimum Gasteiger partial charge on any atom is -0.497 e. The molecule has 2 aromatic carbocycles.